The number of aryl methyl sites for hydroxylation is 1. The molecule has 1 amide bonds. The molecule has 2 N–H and O–H groups in total. The monoisotopic (exact) mass is 430 g/mol. The summed E-state index contributed by atoms with van der Waals surface area (Å²) in [5.74, 6) is -0.0826. The van der Waals surface area contributed by atoms with Gasteiger partial charge in [-0.05, 0) is 24.1 Å². The molecule has 0 fully saturated rings. The molecule has 6 nitrogen and oxygen atoms in total. The van der Waals surface area contributed by atoms with Crippen molar-refractivity contribution in [2.75, 3.05) is 0 Å². The Kier molecular flexibility index (Phi) is 6.84. The summed E-state index contributed by atoms with van der Waals surface area (Å²) >= 11 is 0. The van der Waals surface area contributed by atoms with Crippen molar-refractivity contribution >= 4 is 5.91 Å². The molecule has 1 aromatic heterocycles. The van der Waals surface area contributed by atoms with Gasteiger partial charge in [-0.1, -0.05) is 48.5 Å². The van der Waals surface area contributed by atoms with E-state index in [0.717, 1.165) is 17.7 Å². The molecule has 31 heavy (non-hydrogen) atoms. The highest BCUT2D eigenvalue weighted by atomic mass is 19.4. The summed E-state index contributed by atoms with van der Waals surface area (Å²) in [6.45, 7) is 1.86. The third-order valence-electron chi connectivity index (χ3n) is 4.70. The van der Waals surface area contributed by atoms with Crippen molar-refractivity contribution in [2.45, 2.75) is 38.4 Å². The van der Waals surface area contributed by atoms with Gasteiger partial charge >= 0.3 is 6.18 Å². The van der Waals surface area contributed by atoms with Crippen molar-refractivity contribution in [3.8, 4) is 0 Å². The van der Waals surface area contributed by atoms with Crippen LogP contribution in [0, 0.1) is 0 Å². The van der Waals surface area contributed by atoms with Gasteiger partial charge in [-0.3, -0.25) is 9.59 Å². The van der Waals surface area contributed by atoms with Gasteiger partial charge < -0.3 is 10.3 Å². The topological polar surface area (TPSA) is 87.7 Å². The smallest absolute Gasteiger partial charge is 0.350 e. The van der Waals surface area contributed by atoms with E-state index in [0.29, 0.717) is 5.56 Å². The molecule has 0 radical (unpaired) electrons. The maximum Gasteiger partial charge on any atom is 0.416 e. The fourth-order valence-electron chi connectivity index (χ4n) is 3.06. The van der Waals surface area contributed by atoms with E-state index in [4.69, 9.17) is 0 Å². The Morgan fingerprint density at radius 2 is 1.84 bits per heavy atom. The maximum absolute atomic E-state index is 12.8. The van der Waals surface area contributed by atoms with Gasteiger partial charge in [0, 0.05) is 19.3 Å². The minimum Gasteiger partial charge on any atom is -0.350 e. The van der Waals surface area contributed by atoms with Crippen molar-refractivity contribution < 1.29 is 18.0 Å². The van der Waals surface area contributed by atoms with Crippen LogP contribution in [-0.2, 0) is 23.8 Å². The molecule has 0 bridgehead atoms. The molecule has 0 aliphatic rings. The molecule has 3 aromatic rings. The third-order valence-corrected chi connectivity index (χ3v) is 4.70. The van der Waals surface area contributed by atoms with Gasteiger partial charge in [0.05, 0.1) is 11.6 Å². The van der Waals surface area contributed by atoms with E-state index in [1.807, 2.05) is 37.3 Å². The average Bonchev–Trinajstić information content (AvgIpc) is 2.73. The van der Waals surface area contributed by atoms with Gasteiger partial charge in [0.15, 0.2) is 0 Å². The van der Waals surface area contributed by atoms with Crippen molar-refractivity contribution in [2.24, 2.45) is 0 Å². The fraction of sp³-hybridized carbons (Fsp3) is 0.273. The van der Waals surface area contributed by atoms with E-state index in [-0.39, 0.29) is 42.7 Å². The molecule has 0 saturated carbocycles. The lowest BCUT2D eigenvalue weighted by molar-refractivity contribution is -0.137. The van der Waals surface area contributed by atoms with Gasteiger partial charge in [-0.2, -0.15) is 13.2 Å². The number of nitrogens with zero attached hydrogens (tertiary/aromatic N) is 2. The predicted octanol–water partition coefficient (Wildman–Crippen LogP) is 3.58. The fourth-order valence-corrected chi connectivity index (χ4v) is 3.06. The second kappa shape index (κ2) is 9.55. The third kappa shape index (κ3) is 6.24. The van der Waals surface area contributed by atoms with Crippen molar-refractivity contribution in [1.29, 1.82) is 0 Å². The van der Waals surface area contributed by atoms with Crippen LogP contribution < -0.4 is 10.9 Å². The highest BCUT2D eigenvalue weighted by molar-refractivity contribution is 5.76. The molecule has 1 heterocycles. The number of halogens is 3. The zero-order chi connectivity index (χ0) is 22.4. The number of carbonyl (C=O) groups is 1. The van der Waals surface area contributed by atoms with Gasteiger partial charge in [0.2, 0.25) is 5.91 Å². The highest BCUT2D eigenvalue weighted by Gasteiger charge is 2.30. The Morgan fingerprint density at radius 1 is 1.10 bits per heavy atom. The molecule has 3 rings (SSSR count). The molecule has 0 saturated heterocycles. The Bertz CT molecular complexity index is 1100. The summed E-state index contributed by atoms with van der Waals surface area (Å²) in [5.41, 5.74) is 0.123. The second-order valence-electron chi connectivity index (χ2n) is 7.12. The van der Waals surface area contributed by atoms with Crippen molar-refractivity contribution in [3.05, 3.63) is 93.2 Å². The highest BCUT2D eigenvalue weighted by Crippen LogP contribution is 2.29. The SMILES string of the molecule is C[C@@H](NC(=O)CCc1nnc(Cc2cccc(C(F)(F)F)c2)[nH]c1=O)c1ccccc1. The number of benzene rings is 2. The first-order chi connectivity index (χ1) is 14.7. The largest absolute Gasteiger partial charge is 0.416 e. The molecular formula is C22H21F3N4O2. The summed E-state index contributed by atoms with van der Waals surface area (Å²) in [7, 11) is 0. The van der Waals surface area contributed by atoms with E-state index in [1.165, 1.54) is 12.1 Å². The number of hydrogen-bond donors (Lipinski definition) is 2. The quantitative estimate of drug-likeness (QED) is 0.600. The first kappa shape index (κ1) is 22.2. The van der Waals surface area contributed by atoms with Crippen LogP contribution in [0.5, 0.6) is 0 Å². The number of hydrogen-bond acceptors (Lipinski definition) is 4. The van der Waals surface area contributed by atoms with Crippen molar-refractivity contribution in [1.82, 2.24) is 20.5 Å². The zero-order valence-corrected chi connectivity index (χ0v) is 16.7. The molecule has 0 aliphatic carbocycles. The lowest BCUT2D eigenvalue weighted by atomic mass is 10.1. The van der Waals surface area contributed by atoms with E-state index < -0.39 is 17.3 Å². The summed E-state index contributed by atoms with van der Waals surface area (Å²) in [4.78, 5) is 26.9. The van der Waals surface area contributed by atoms with Crippen LogP contribution in [0.1, 0.15) is 47.6 Å². The normalized spacial score (nSPS) is 12.4. The van der Waals surface area contributed by atoms with Gasteiger partial charge in [0.25, 0.3) is 5.56 Å². The van der Waals surface area contributed by atoms with Crippen molar-refractivity contribution in [3.63, 3.8) is 0 Å². The number of nitrogens with one attached hydrogen (secondary N) is 2. The Labute approximate surface area is 176 Å². The second-order valence-corrected chi connectivity index (χ2v) is 7.12. The van der Waals surface area contributed by atoms with E-state index in [2.05, 4.69) is 20.5 Å². The number of aromatic amines is 1. The summed E-state index contributed by atoms with van der Waals surface area (Å²) in [6.07, 6.45) is -4.29. The van der Waals surface area contributed by atoms with Crippen LogP contribution in [-0.4, -0.2) is 21.1 Å². The first-order valence-electron chi connectivity index (χ1n) is 9.67. The number of rotatable bonds is 7. The molecule has 1 atom stereocenters. The molecule has 162 valence electrons. The maximum atomic E-state index is 12.8. The molecular weight excluding hydrogens is 409 g/mol. The lowest BCUT2D eigenvalue weighted by Crippen LogP contribution is -2.28. The Balaban J connectivity index is 1.58. The summed E-state index contributed by atoms with van der Waals surface area (Å²) in [6, 6.07) is 14.1. The van der Waals surface area contributed by atoms with Crippen LogP contribution in [0.2, 0.25) is 0 Å². The standard InChI is InChI=1S/C22H21F3N4O2/c1-14(16-7-3-2-4-8-16)26-20(30)11-10-18-21(31)27-19(29-28-18)13-15-6-5-9-17(12-15)22(23,24)25/h2-9,12,14H,10-11,13H2,1H3,(H,26,30)(H,27,29,31)/t14-/m1/s1. The predicted molar refractivity (Wildman–Crippen MR) is 108 cm³/mol. The first-order valence-corrected chi connectivity index (χ1v) is 9.67. The van der Waals surface area contributed by atoms with Crippen LogP contribution >= 0.6 is 0 Å². The van der Waals surface area contributed by atoms with Crippen LogP contribution in [0.25, 0.3) is 0 Å². The average molecular weight is 430 g/mol. The van der Waals surface area contributed by atoms with Crippen LogP contribution in [0.15, 0.2) is 59.4 Å². The van der Waals surface area contributed by atoms with Gasteiger partial charge in [-0.25, -0.2) is 0 Å². The van der Waals surface area contributed by atoms with E-state index >= 15 is 0 Å². The van der Waals surface area contributed by atoms with Crippen LogP contribution in [0.4, 0.5) is 13.2 Å². The molecule has 9 heteroatoms. The van der Waals surface area contributed by atoms with Gasteiger partial charge in [0.1, 0.15) is 11.5 Å². The molecule has 0 spiro atoms. The molecule has 0 unspecified atom stereocenters. The Hall–Kier alpha value is -3.49. The number of amides is 1. The number of aromatic nitrogens is 3. The van der Waals surface area contributed by atoms with E-state index in [9.17, 15) is 22.8 Å². The minimum atomic E-state index is -4.45. The van der Waals surface area contributed by atoms with Gasteiger partial charge in [-0.15, -0.1) is 10.2 Å². The van der Waals surface area contributed by atoms with E-state index in [1.54, 1.807) is 0 Å². The lowest BCUT2D eigenvalue weighted by Gasteiger charge is -2.14. The number of carbonyl (C=O) groups excluding carboxylic acids is 1. The number of alkyl halides is 3. The molecule has 2 aromatic carbocycles. The zero-order valence-electron chi connectivity index (χ0n) is 16.7. The summed E-state index contributed by atoms with van der Waals surface area (Å²) < 4.78 is 38.5. The number of H-pyrrole nitrogens is 1. The minimum absolute atomic E-state index is 0.00150. The molecule has 0 aliphatic heterocycles. The summed E-state index contributed by atoms with van der Waals surface area (Å²) in [5, 5.41) is 10.6. The van der Waals surface area contributed by atoms with Crippen LogP contribution in [0.3, 0.4) is 0 Å². The Morgan fingerprint density at radius 3 is 2.52 bits per heavy atom.